The molecule has 1 amide bonds. The van der Waals surface area contributed by atoms with Crippen molar-refractivity contribution in [2.24, 2.45) is 5.92 Å². The van der Waals surface area contributed by atoms with Gasteiger partial charge in [0.2, 0.25) is 5.75 Å². The summed E-state index contributed by atoms with van der Waals surface area (Å²) in [7, 11) is 1.39. The van der Waals surface area contributed by atoms with Gasteiger partial charge in [0, 0.05) is 18.7 Å². The van der Waals surface area contributed by atoms with E-state index in [0.29, 0.717) is 32.1 Å². The van der Waals surface area contributed by atoms with Gasteiger partial charge in [0.1, 0.15) is 18.0 Å². The normalized spacial score (nSPS) is 15.7. The average molecular weight is 487 g/mol. The van der Waals surface area contributed by atoms with Crippen molar-refractivity contribution in [3.05, 3.63) is 53.1 Å². The first-order valence-corrected chi connectivity index (χ1v) is 11.8. The van der Waals surface area contributed by atoms with E-state index in [0.717, 1.165) is 11.1 Å². The molecule has 0 radical (unpaired) electrons. The first-order valence-electron chi connectivity index (χ1n) is 11.8. The highest BCUT2D eigenvalue weighted by molar-refractivity contribution is 5.98. The zero-order chi connectivity index (χ0) is 25.5. The predicted molar refractivity (Wildman–Crippen MR) is 126 cm³/mol. The minimum absolute atomic E-state index is 0.0962. The molecule has 0 bridgehead atoms. The lowest BCUT2D eigenvalue weighted by atomic mass is 9.89. The van der Waals surface area contributed by atoms with Crippen LogP contribution < -0.4 is 14.8 Å². The molecule has 188 valence electrons. The average Bonchev–Trinajstić information content (AvgIpc) is 2.84. The van der Waals surface area contributed by atoms with Gasteiger partial charge in [0.15, 0.2) is 11.4 Å². The van der Waals surface area contributed by atoms with Crippen molar-refractivity contribution in [2.45, 2.75) is 65.0 Å². The number of ether oxygens (including phenoxy) is 3. The molecule has 2 atom stereocenters. The van der Waals surface area contributed by atoms with Crippen LogP contribution in [0, 0.1) is 11.7 Å². The number of aryl methyl sites for hydroxylation is 1. The quantitative estimate of drug-likeness (QED) is 0.538. The fourth-order valence-corrected chi connectivity index (χ4v) is 4.04. The van der Waals surface area contributed by atoms with E-state index in [9.17, 15) is 18.8 Å². The molecule has 0 saturated heterocycles. The number of pyridine rings is 1. The highest BCUT2D eigenvalue weighted by atomic mass is 19.1. The Labute approximate surface area is 204 Å². The van der Waals surface area contributed by atoms with E-state index >= 15 is 0 Å². The molecule has 1 aliphatic carbocycles. The molecule has 9 heteroatoms. The Morgan fingerprint density at radius 1 is 1.14 bits per heavy atom. The van der Waals surface area contributed by atoms with E-state index in [-0.39, 0.29) is 35.0 Å². The second kappa shape index (κ2) is 11.8. The van der Waals surface area contributed by atoms with Crippen LogP contribution in [0.15, 0.2) is 30.5 Å². The highest BCUT2D eigenvalue weighted by Crippen LogP contribution is 2.31. The van der Waals surface area contributed by atoms with Crippen LogP contribution in [0.4, 0.5) is 4.39 Å². The number of carbonyl (C=O) groups is 3. The van der Waals surface area contributed by atoms with E-state index in [2.05, 4.69) is 10.3 Å². The number of hydrogen-bond donors (Lipinski definition) is 1. The summed E-state index contributed by atoms with van der Waals surface area (Å²) in [6, 6.07) is 5.10. The van der Waals surface area contributed by atoms with E-state index in [1.165, 1.54) is 38.4 Å². The monoisotopic (exact) mass is 486 g/mol. The highest BCUT2D eigenvalue weighted by Gasteiger charge is 2.29. The maximum Gasteiger partial charge on any atom is 0.328 e. The summed E-state index contributed by atoms with van der Waals surface area (Å²) in [6.45, 7) is 5.25. The van der Waals surface area contributed by atoms with E-state index in [1.807, 2.05) is 13.8 Å². The first-order chi connectivity index (χ1) is 16.8. The Kier molecular flexibility index (Phi) is 8.78. The number of esters is 2. The van der Waals surface area contributed by atoms with Gasteiger partial charge in [0.05, 0.1) is 13.0 Å². The summed E-state index contributed by atoms with van der Waals surface area (Å²) < 4.78 is 29.8. The van der Waals surface area contributed by atoms with Crippen molar-refractivity contribution in [2.75, 3.05) is 7.11 Å². The molecule has 1 aliphatic rings. The molecule has 2 aromatic rings. The number of nitrogens with zero attached hydrogens (tertiary/aromatic N) is 1. The summed E-state index contributed by atoms with van der Waals surface area (Å²) in [4.78, 5) is 42.2. The van der Waals surface area contributed by atoms with Crippen LogP contribution in [-0.2, 0) is 27.2 Å². The number of benzene rings is 1. The molecule has 1 N–H and O–H groups in total. The molecule has 1 aromatic carbocycles. The lowest BCUT2D eigenvalue weighted by Crippen LogP contribution is -2.42. The SMILES string of the molecule is CCC(CC)C(=O)Oc1c(OC)ccnc1C(=O)N[C@@H](C)C(=O)OC1CCc2cc(F)ccc2C1. The van der Waals surface area contributed by atoms with Gasteiger partial charge in [-0.15, -0.1) is 0 Å². The number of halogens is 1. The van der Waals surface area contributed by atoms with Gasteiger partial charge >= 0.3 is 11.9 Å². The summed E-state index contributed by atoms with van der Waals surface area (Å²) >= 11 is 0. The molecular formula is C26H31FN2O6. The standard InChI is InChI=1S/C26H31FN2O6/c1-5-16(6-2)26(32)35-23-21(33-4)11-12-28-22(23)24(30)29-15(3)25(31)34-20-10-8-17-13-19(27)9-7-18(17)14-20/h7,9,11-13,15-16,20H,5-6,8,10,14H2,1-4H3,(H,29,30)/t15-,20?/m0/s1. The van der Waals surface area contributed by atoms with Crippen molar-refractivity contribution in [3.8, 4) is 11.5 Å². The maximum atomic E-state index is 13.4. The number of rotatable bonds is 9. The smallest absolute Gasteiger partial charge is 0.328 e. The third-order valence-electron chi connectivity index (χ3n) is 6.16. The van der Waals surface area contributed by atoms with E-state index in [4.69, 9.17) is 14.2 Å². The largest absolute Gasteiger partial charge is 0.493 e. The Morgan fingerprint density at radius 3 is 2.57 bits per heavy atom. The van der Waals surface area contributed by atoms with E-state index in [1.54, 1.807) is 6.07 Å². The lowest BCUT2D eigenvalue weighted by molar-refractivity contribution is -0.151. The Bertz CT molecular complexity index is 1090. The van der Waals surface area contributed by atoms with Gasteiger partial charge in [-0.3, -0.25) is 9.59 Å². The van der Waals surface area contributed by atoms with Crippen LogP contribution in [0.25, 0.3) is 0 Å². The van der Waals surface area contributed by atoms with Crippen LogP contribution in [-0.4, -0.2) is 42.1 Å². The zero-order valence-electron chi connectivity index (χ0n) is 20.4. The summed E-state index contributed by atoms with van der Waals surface area (Å²) in [5.41, 5.74) is 1.69. The molecule has 1 unspecified atom stereocenters. The van der Waals surface area contributed by atoms with Gasteiger partial charge in [-0.25, -0.2) is 14.2 Å². The molecule has 35 heavy (non-hydrogen) atoms. The van der Waals surface area contributed by atoms with Crippen molar-refractivity contribution in [3.63, 3.8) is 0 Å². The van der Waals surface area contributed by atoms with Gasteiger partial charge in [-0.1, -0.05) is 19.9 Å². The number of nitrogens with one attached hydrogen (secondary N) is 1. The third kappa shape index (κ3) is 6.35. The van der Waals surface area contributed by atoms with E-state index < -0.39 is 23.9 Å². The van der Waals surface area contributed by atoms with Gasteiger partial charge in [-0.2, -0.15) is 0 Å². The van der Waals surface area contributed by atoms with Crippen molar-refractivity contribution in [1.29, 1.82) is 0 Å². The number of carbonyl (C=O) groups excluding carboxylic acids is 3. The fourth-order valence-electron chi connectivity index (χ4n) is 4.04. The minimum atomic E-state index is -0.979. The summed E-state index contributed by atoms with van der Waals surface area (Å²) in [6.07, 6.45) is 3.81. The van der Waals surface area contributed by atoms with Crippen molar-refractivity contribution in [1.82, 2.24) is 10.3 Å². The summed E-state index contributed by atoms with van der Waals surface area (Å²) in [5.74, 6) is -2.33. The Hall–Kier alpha value is -3.49. The molecular weight excluding hydrogens is 455 g/mol. The van der Waals surface area contributed by atoms with Gasteiger partial charge in [0.25, 0.3) is 5.91 Å². The summed E-state index contributed by atoms with van der Waals surface area (Å²) in [5, 5.41) is 2.56. The maximum absolute atomic E-state index is 13.4. The lowest BCUT2D eigenvalue weighted by Gasteiger charge is -2.26. The van der Waals surface area contributed by atoms with Crippen LogP contribution >= 0.6 is 0 Å². The molecule has 3 rings (SSSR count). The second-order valence-electron chi connectivity index (χ2n) is 8.54. The van der Waals surface area contributed by atoms with Crippen LogP contribution in [0.5, 0.6) is 11.5 Å². The predicted octanol–water partition coefficient (Wildman–Crippen LogP) is 3.79. The van der Waals surface area contributed by atoms with Gasteiger partial charge in [-0.05, 0) is 55.9 Å². The molecule has 0 aliphatic heterocycles. The Morgan fingerprint density at radius 2 is 1.89 bits per heavy atom. The van der Waals surface area contributed by atoms with Crippen LogP contribution in [0.3, 0.4) is 0 Å². The number of hydrogen-bond acceptors (Lipinski definition) is 7. The molecule has 1 aromatic heterocycles. The molecule has 1 heterocycles. The third-order valence-corrected chi connectivity index (χ3v) is 6.16. The number of aromatic nitrogens is 1. The first kappa shape index (κ1) is 26.1. The molecule has 0 fully saturated rings. The number of amides is 1. The number of fused-ring (bicyclic) bond motifs is 1. The van der Waals surface area contributed by atoms with Crippen molar-refractivity contribution >= 4 is 17.8 Å². The van der Waals surface area contributed by atoms with Crippen molar-refractivity contribution < 1.29 is 33.0 Å². The topological polar surface area (TPSA) is 104 Å². The van der Waals surface area contributed by atoms with Crippen LogP contribution in [0.2, 0.25) is 0 Å². The number of methoxy groups -OCH3 is 1. The fraction of sp³-hybridized carbons (Fsp3) is 0.462. The second-order valence-corrected chi connectivity index (χ2v) is 8.54. The Balaban J connectivity index is 1.67. The van der Waals surface area contributed by atoms with Crippen LogP contribution in [0.1, 0.15) is 61.6 Å². The molecule has 0 spiro atoms. The minimum Gasteiger partial charge on any atom is -0.493 e. The molecule has 8 nitrogen and oxygen atoms in total. The zero-order valence-corrected chi connectivity index (χ0v) is 20.4. The van der Waals surface area contributed by atoms with Gasteiger partial charge < -0.3 is 19.5 Å². The molecule has 0 saturated carbocycles.